The second kappa shape index (κ2) is 5.08. The maximum atomic E-state index is 5.84. The minimum Gasteiger partial charge on any atom is -0.497 e. The molecule has 1 aromatic rings. The highest BCUT2D eigenvalue weighted by atomic mass is 16.5. The van der Waals surface area contributed by atoms with Crippen LogP contribution in [0.4, 0.5) is 5.69 Å². The molecule has 1 fully saturated rings. The molecule has 0 heterocycles. The summed E-state index contributed by atoms with van der Waals surface area (Å²) in [7, 11) is 1.65. The fraction of sp³-hybridized carbons (Fsp3) is 0.462. The van der Waals surface area contributed by atoms with E-state index in [0.717, 1.165) is 17.4 Å². The van der Waals surface area contributed by atoms with Crippen LogP contribution < -0.4 is 15.8 Å². The molecule has 92 valence electrons. The SMILES string of the molecule is CC[C@@H]1C[C@H]1N=C(N)Nc1ccc(OC)cc1. The highest BCUT2D eigenvalue weighted by molar-refractivity contribution is 5.92. The van der Waals surface area contributed by atoms with Crippen LogP contribution in [0, 0.1) is 5.92 Å². The molecule has 0 aliphatic heterocycles. The van der Waals surface area contributed by atoms with Gasteiger partial charge in [-0.25, -0.2) is 4.99 Å². The van der Waals surface area contributed by atoms with Gasteiger partial charge < -0.3 is 15.8 Å². The Bertz CT molecular complexity index is 400. The van der Waals surface area contributed by atoms with Crippen LogP contribution in [0.2, 0.25) is 0 Å². The molecule has 1 saturated carbocycles. The number of ether oxygens (including phenoxy) is 1. The van der Waals surface area contributed by atoms with Gasteiger partial charge >= 0.3 is 0 Å². The van der Waals surface area contributed by atoms with Gasteiger partial charge in [-0.15, -0.1) is 0 Å². The summed E-state index contributed by atoms with van der Waals surface area (Å²) in [6, 6.07) is 8.05. The lowest BCUT2D eigenvalue weighted by Gasteiger charge is -2.06. The summed E-state index contributed by atoms with van der Waals surface area (Å²) in [4.78, 5) is 4.43. The van der Waals surface area contributed by atoms with E-state index >= 15 is 0 Å². The van der Waals surface area contributed by atoms with Crippen molar-refractivity contribution in [2.75, 3.05) is 12.4 Å². The second-order valence-electron chi connectivity index (χ2n) is 4.34. The average molecular weight is 233 g/mol. The van der Waals surface area contributed by atoms with E-state index in [2.05, 4.69) is 17.2 Å². The third kappa shape index (κ3) is 3.12. The fourth-order valence-electron chi connectivity index (χ4n) is 1.86. The van der Waals surface area contributed by atoms with Crippen LogP contribution in [0.5, 0.6) is 5.75 Å². The highest BCUT2D eigenvalue weighted by Crippen LogP contribution is 2.36. The number of nitrogens with zero attached hydrogens (tertiary/aromatic N) is 1. The summed E-state index contributed by atoms with van der Waals surface area (Å²) < 4.78 is 5.09. The van der Waals surface area contributed by atoms with E-state index in [1.165, 1.54) is 12.8 Å². The Balaban J connectivity index is 1.91. The summed E-state index contributed by atoms with van der Waals surface area (Å²) in [5, 5.41) is 3.08. The van der Waals surface area contributed by atoms with Gasteiger partial charge in [-0.2, -0.15) is 0 Å². The van der Waals surface area contributed by atoms with E-state index in [0.29, 0.717) is 12.0 Å². The Kier molecular flexibility index (Phi) is 3.52. The van der Waals surface area contributed by atoms with Crippen LogP contribution in [0.1, 0.15) is 19.8 Å². The fourth-order valence-corrected chi connectivity index (χ4v) is 1.86. The quantitative estimate of drug-likeness (QED) is 0.619. The van der Waals surface area contributed by atoms with Gasteiger partial charge in [-0.3, -0.25) is 0 Å². The van der Waals surface area contributed by atoms with Gasteiger partial charge in [-0.1, -0.05) is 13.3 Å². The van der Waals surface area contributed by atoms with E-state index < -0.39 is 0 Å². The standard InChI is InChI=1S/C13H19N3O/c1-3-9-8-12(9)16-13(14)15-10-4-6-11(17-2)7-5-10/h4-7,9,12H,3,8H2,1-2H3,(H3,14,15,16)/t9-,12-/m1/s1. The van der Waals surface area contributed by atoms with Crippen LogP contribution in [0.25, 0.3) is 0 Å². The monoisotopic (exact) mass is 233 g/mol. The lowest BCUT2D eigenvalue weighted by Crippen LogP contribution is -2.23. The van der Waals surface area contributed by atoms with Crippen LogP contribution in [0.15, 0.2) is 29.3 Å². The number of nitrogens with one attached hydrogen (secondary N) is 1. The molecule has 17 heavy (non-hydrogen) atoms. The van der Waals surface area contributed by atoms with E-state index in [1.54, 1.807) is 7.11 Å². The number of hydrogen-bond acceptors (Lipinski definition) is 2. The number of hydrogen-bond donors (Lipinski definition) is 2. The van der Waals surface area contributed by atoms with Crippen LogP contribution in [0.3, 0.4) is 0 Å². The molecule has 0 aromatic heterocycles. The van der Waals surface area contributed by atoms with Gasteiger partial charge in [0.25, 0.3) is 0 Å². The van der Waals surface area contributed by atoms with E-state index in [-0.39, 0.29) is 0 Å². The van der Waals surface area contributed by atoms with Crippen molar-refractivity contribution in [1.29, 1.82) is 0 Å². The van der Waals surface area contributed by atoms with Crippen molar-refractivity contribution < 1.29 is 4.74 Å². The number of nitrogens with two attached hydrogens (primary N) is 1. The molecule has 2 rings (SSSR count). The molecular formula is C13H19N3O. The zero-order valence-corrected chi connectivity index (χ0v) is 10.3. The molecular weight excluding hydrogens is 214 g/mol. The molecule has 1 aliphatic carbocycles. The highest BCUT2D eigenvalue weighted by Gasteiger charge is 2.35. The van der Waals surface area contributed by atoms with Gasteiger partial charge in [0.2, 0.25) is 0 Å². The Labute approximate surface area is 102 Å². The summed E-state index contributed by atoms with van der Waals surface area (Å²) in [6.07, 6.45) is 2.35. The average Bonchev–Trinajstić information content (AvgIpc) is 3.08. The molecule has 0 radical (unpaired) electrons. The number of guanidine groups is 1. The Morgan fingerprint density at radius 1 is 1.47 bits per heavy atom. The van der Waals surface area contributed by atoms with Crippen molar-refractivity contribution >= 4 is 11.6 Å². The number of benzene rings is 1. The predicted molar refractivity (Wildman–Crippen MR) is 70.4 cm³/mol. The third-order valence-corrected chi connectivity index (χ3v) is 3.08. The predicted octanol–water partition coefficient (Wildman–Crippen LogP) is 2.22. The van der Waals surface area contributed by atoms with Crippen LogP contribution in [-0.2, 0) is 0 Å². The largest absolute Gasteiger partial charge is 0.497 e. The lowest BCUT2D eigenvalue weighted by molar-refractivity contribution is 0.415. The Morgan fingerprint density at radius 2 is 2.18 bits per heavy atom. The molecule has 0 saturated heterocycles. The number of anilines is 1. The molecule has 3 N–H and O–H groups in total. The maximum absolute atomic E-state index is 5.84. The summed E-state index contributed by atoms with van der Waals surface area (Å²) in [5.41, 5.74) is 6.77. The first-order valence-corrected chi connectivity index (χ1v) is 5.97. The molecule has 0 amide bonds. The molecule has 0 unspecified atom stereocenters. The lowest BCUT2D eigenvalue weighted by atomic mass is 10.3. The topological polar surface area (TPSA) is 59.6 Å². The summed E-state index contributed by atoms with van der Waals surface area (Å²) in [5.74, 6) is 2.06. The third-order valence-electron chi connectivity index (χ3n) is 3.08. The van der Waals surface area contributed by atoms with Crippen molar-refractivity contribution in [3.05, 3.63) is 24.3 Å². The molecule has 4 heteroatoms. The summed E-state index contributed by atoms with van der Waals surface area (Å²) >= 11 is 0. The van der Waals surface area contributed by atoms with Gasteiger partial charge in [-0.05, 0) is 36.6 Å². The first-order chi connectivity index (χ1) is 8.22. The summed E-state index contributed by atoms with van der Waals surface area (Å²) in [6.45, 7) is 2.19. The van der Waals surface area contributed by atoms with Crippen molar-refractivity contribution in [1.82, 2.24) is 0 Å². The first kappa shape index (κ1) is 11.8. The zero-order valence-electron chi connectivity index (χ0n) is 10.3. The van der Waals surface area contributed by atoms with Crippen molar-refractivity contribution in [2.45, 2.75) is 25.8 Å². The van der Waals surface area contributed by atoms with Gasteiger partial charge in [0, 0.05) is 5.69 Å². The van der Waals surface area contributed by atoms with Gasteiger partial charge in [0.15, 0.2) is 5.96 Å². The number of rotatable bonds is 4. The minimum atomic E-state index is 0.422. The van der Waals surface area contributed by atoms with Gasteiger partial charge in [0.05, 0.1) is 13.2 Å². The number of methoxy groups -OCH3 is 1. The minimum absolute atomic E-state index is 0.422. The van der Waals surface area contributed by atoms with Crippen molar-refractivity contribution in [3.8, 4) is 5.75 Å². The van der Waals surface area contributed by atoms with Crippen molar-refractivity contribution in [2.24, 2.45) is 16.6 Å². The molecule has 1 aromatic carbocycles. The number of aliphatic imine (C=N–C) groups is 1. The van der Waals surface area contributed by atoms with Gasteiger partial charge in [0.1, 0.15) is 5.75 Å². The second-order valence-corrected chi connectivity index (χ2v) is 4.34. The molecule has 1 aliphatic rings. The van der Waals surface area contributed by atoms with Crippen LogP contribution in [-0.4, -0.2) is 19.1 Å². The molecule has 2 atom stereocenters. The Morgan fingerprint density at radius 3 is 2.71 bits per heavy atom. The van der Waals surface area contributed by atoms with E-state index in [1.807, 2.05) is 24.3 Å². The molecule has 0 bridgehead atoms. The first-order valence-electron chi connectivity index (χ1n) is 5.97. The Hall–Kier alpha value is -1.71. The zero-order chi connectivity index (χ0) is 12.3. The van der Waals surface area contributed by atoms with Crippen LogP contribution >= 0.6 is 0 Å². The van der Waals surface area contributed by atoms with E-state index in [9.17, 15) is 0 Å². The molecule has 0 spiro atoms. The van der Waals surface area contributed by atoms with E-state index in [4.69, 9.17) is 10.5 Å². The maximum Gasteiger partial charge on any atom is 0.193 e. The molecule has 4 nitrogen and oxygen atoms in total. The normalized spacial score (nSPS) is 23.3. The van der Waals surface area contributed by atoms with Crippen molar-refractivity contribution in [3.63, 3.8) is 0 Å². The smallest absolute Gasteiger partial charge is 0.193 e.